The molecule has 0 aliphatic carbocycles. The predicted molar refractivity (Wildman–Crippen MR) is 113 cm³/mol. The summed E-state index contributed by atoms with van der Waals surface area (Å²) in [6, 6.07) is 18.7. The summed E-state index contributed by atoms with van der Waals surface area (Å²) in [5.41, 5.74) is 2.82. The Labute approximate surface area is 171 Å². The van der Waals surface area contributed by atoms with Crippen molar-refractivity contribution in [3.8, 4) is 5.69 Å². The fourth-order valence-electron chi connectivity index (χ4n) is 4.00. The Morgan fingerprint density at radius 2 is 1.79 bits per heavy atom. The van der Waals surface area contributed by atoms with Gasteiger partial charge in [0.25, 0.3) is 5.91 Å². The third kappa shape index (κ3) is 4.54. The van der Waals surface area contributed by atoms with Crippen molar-refractivity contribution >= 4 is 5.91 Å². The molecule has 1 amide bonds. The van der Waals surface area contributed by atoms with Crippen molar-refractivity contribution in [2.75, 3.05) is 26.7 Å². The van der Waals surface area contributed by atoms with E-state index in [2.05, 4.69) is 52.4 Å². The van der Waals surface area contributed by atoms with Crippen LogP contribution in [0.3, 0.4) is 0 Å². The quantitative estimate of drug-likeness (QED) is 0.650. The van der Waals surface area contributed by atoms with Crippen LogP contribution < -0.4 is 0 Å². The van der Waals surface area contributed by atoms with E-state index in [9.17, 15) is 4.79 Å². The highest BCUT2D eigenvalue weighted by Crippen LogP contribution is 2.21. The van der Waals surface area contributed by atoms with E-state index in [4.69, 9.17) is 0 Å². The van der Waals surface area contributed by atoms with Gasteiger partial charge in [-0.25, -0.2) is 9.67 Å². The minimum atomic E-state index is 0.0708. The molecular formula is C23H27N5O. The van der Waals surface area contributed by atoms with E-state index >= 15 is 0 Å². The lowest BCUT2D eigenvalue weighted by Gasteiger charge is -2.37. The molecule has 0 saturated carbocycles. The Balaban J connectivity index is 1.35. The van der Waals surface area contributed by atoms with Crippen LogP contribution in [0.1, 0.15) is 28.8 Å². The average Bonchev–Trinajstić information content (AvgIpc) is 3.33. The topological polar surface area (TPSA) is 54.3 Å². The van der Waals surface area contributed by atoms with Crippen LogP contribution in [-0.2, 0) is 6.42 Å². The summed E-state index contributed by atoms with van der Waals surface area (Å²) in [4.78, 5) is 21.6. The van der Waals surface area contributed by atoms with Gasteiger partial charge in [-0.3, -0.25) is 4.79 Å². The number of nitrogens with zero attached hydrogens (tertiary/aromatic N) is 5. The number of benzene rings is 2. The minimum Gasteiger partial charge on any atom is -0.338 e. The first kappa shape index (κ1) is 19.3. The van der Waals surface area contributed by atoms with Crippen molar-refractivity contribution in [2.45, 2.75) is 25.3 Å². The summed E-state index contributed by atoms with van der Waals surface area (Å²) in [6.07, 6.45) is 6.17. The molecule has 6 heteroatoms. The first-order valence-electron chi connectivity index (χ1n) is 10.2. The van der Waals surface area contributed by atoms with Crippen LogP contribution in [0, 0.1) is 0 Å². The number of aromatic nitrogens is 3. The predicted octanol–water partition coefficient (Wildman–Crippen LogP) is 3.05. The van der Waals surface area contributed by atoms with Gasteiger partial charge in [-0.15, -0.1) is 0 Å². The zero-order chi connectivity index (χ0) is 20.1. The number of likely N-dealkylation sites (N-methyl/N-ethyl adjacent to an activating group) is 1. The van der Waals surface area contributed by atoms with Gasteiger partial charge in [0.15, 0.2) is 0 Å². The standard InChI is InChI=1S/C23H27N5O/c1-26(14-11-19-7-3-2-4-8-19)20-12-15-27(16-13-20)23(29)21-9-5-6-10-22(21)28-18-24-17-25-28/h2-10,17-18,20H,11-16H2,1H3. The lowest BCUT2D eigenvalue weighted by Crippen LogP contribution is -2.46. The van der Waals surface area contributed by atoms with Crippen LogP contribution in [-0.4, -0.2) is 63.2 Å². The number of hydrogen-bond acceptors (Lipinski definition) is 4. The molecule has 150 valence electrons. The number of carbonyl (C=O) groups excluding carboxylic acids is 1. The van der Waals surface area contributed by atoms with Gasteiger partial charge in [0.05, 0.1) is 11.3 Å². The number of hydrogen-bond donors (Lipinski definition) is 0. The van der Waals surface area contributed by atoms with Crippen LogP contribution >= 0.6 is 0 Å². The molecule has 2 heterocycles. The Hall–Kier alpha value is -2.99. The number of rotatable bonds is 6. The Kier molecular flexibility index (Phi) is 6.00. The van der Waals surface area contributed by atoms with Gasteiger partial charge in [0.2, 0.25) is 0 Å². The molecule has 1 aliphatic heterocycles. The fraction of sp³-hybridized carbons (Fsp3) is 0.348. The molecule has 0 unspecified atom stereocenters. The molecule has 1 saturated heterocycles. The van der Waals surface area contributed by atoms with Gasteiger partial charge >= 0.3 is 0 Å². The highest BCUT2D eigenvalue weighted by molar-refractivity contribution is 5.97. The number of piperidine rings is 1. The summed E-state index contributed by atoms with van der Waals surface area (Å²) >= 11 is 0. The molecule has 29 heavy (non-hydrogen) atoms. The van der Waals surface area contributed by atoms with Gasteiger partial charge in [0, 0.05) is 25.7 Å². The zero-order valence-electron chi connectivity index (χ0n) is 16.8. The number of para-hydroxylation sites is 1. The first-order valence-corrected chi connectivity index (χ1v) is 10.2. The molecule has 6 nitrogen and oxygen atoms in total. The monoisotopic (exact) mass is 389 g/mol. The second-order valence-electron chi connectivity index (χ2n) is 7.60. The van der Waals surface area contributed by atoms with Gasteiger partial charge in [-0.05, 0) is 44.0 Å². The fourth-order valence-corrected chi connectivity index (χ4v) is 4.00. The number of carbonyl (C=O) groups is 1. The average molecular weight is 390 g/mol. The number of likely N-dealkylation sites (tertiary alicyclic amines) is 1. The van der Waals surface area contributed by atoms with Gasteiger partial charge in [-0.1, -0.05) is 42.5 Å². The Morgan fingerprint density at radius 1 is 1.07 bits per heavy atom. The van der Waals surface area contributed by atoms with Gasteiger partial charge < -0.3 is 9.80 Å². The summed E-state index contributed by atoms with van der Waals surface area (Å²) in [5, 5.41) is 4.18. The maximum absolute atomic E-state index is 13.2. The van der Waals surface area contributed by atoms with Crippen molar-refractivity contribution in [1.29, 1.82) is 0 Å². The second-order valence-corrected chi connectivity index (χ2v) is 7.60. The molecule has 1 aliphatic rings. The lowest BCUT2D eigenvalue weighted by atomic mass is 10.0. The molecule has 3 aromatic rings. The Bertz CT molecular complexity index is 917. The van der Waals surface area contributed by atoms with Crippen LogP contribution in [0.4, 0.5) is 0 Å². The minimum absolute atomic E-state index is 0.0708. The molecule has 0 spiro atoms. The van der Waals surface area contributed by atoms with E-state index in [-0.39, 0.29) is 5.91 Å². The lowest BCUT2D eigenvalue weighted by molar-refractivity contribution is 0.0647. The van der Waals surface area contributed by atoms with Gasteiger partial charge in [0.1, 0.15) is 12.7 Å². The summed E-state index contributed by atoms with van der Waals surface area (Å²) in [5.74, 6) is 0.0708. The molecule has 0 atom stereocenters. The van der Waals surface area contributed by atoms with Crippen molar-refractivity contribution < 1.29 is 4.79 Å². The van der Waals surface area contributed by atoms with E-state index in [0.29, 0.717) is 11.6 Å². The second kappa shape index (κ2) is 9.01. The summed E-state index contributed by atoms with van der Waals surface area (Å²) in [7, 11) is 2.20. The van der Waals surface area contributed by atoms with Crippen LogP contribution in [0.5, 0.6) is 0 Å². The maximum Gasteiger partial charge on any atom is 0.256 e. The maximum atomic E-state index is 13.2. The summed E-state index contributed by atoms with van der Waals surface area (Å²) < 4.78 is 1.65. The number of amides is 1. The molecule has 1 aromatic heterocycles. The molecule has 0 N–H and O–H groups in total. The first-order chi connectivity index (χ1) is 14.2. The molecular weight excluding hydrogens is 362 g/mol. The molecule has 4 rings (SSSR count). The van der Waals surface area contributed by atoms with Gasteiger partial charge in [-0.2, -0.15) is 5.10 Å². The van der Waals surface area contributed by atoms with E-state index in [0.717, 1.165) is 44.6 Å². The highest BCUT2D eigenvalue weighted by atomic mass is 16.2. The zero-order valence-corrected chi connectivity index (χ0v) is 16.8. The van der Waals surface area contributed by atoms with Crippen LogP contribution in [0.25, 0.3) is 5.69 Å². The van der Waals surface area contributed by atoms with Crippen LogP contribution in [0.2, 0.25) is 0 Å². The third-order valence-electron chi connectivity index (χ3n) is 5.77. The highest BCUT2D eigenvalue weighted by Gasteiger charge is 2.27. The molecule has 0 radical (unpaired) electrons. The normalized spacial score (nSPS) is 15.0. The van der Waals surface area contributed by atoms with Crippen molar-refractivity contribution in [2.24, 2.45) is 0 Å². The van der Waals surface area contributed by atoms with E-state index in [1.165, 1.54) is 11.9 Å². The largest absolute Gasteiger partial charge is 0.338 e. The smallest absolute Gasteiger partial charge is 0.256 e. The van der Waals surface area contributed by atoms with E-state index in [1.54, 1.807) is 11.0 Å². The SMILES string of the molecule is CN(CCc1ccccc1)C1CCN(C(=O)c2ccccc2-n2cncn2)CC1. The van der Waals surface area contributed by atoms with Crippen molar-refractivity contribution in [3.63, 3.8) is 0 Å². The molecule has 1 fully saturated rings. The third-order valence-corrected chi connectivity index (χ3v) is 5.77. The molecule has 0 bridgehead atoms. The Morgan fingerprint density at radius 3 is 2.52 bits per heavy atom. The van der Waals surface area contributed by atoms with E-state index in [1.807, 2.05) is 29.2 Å². The molecule has 2 aromatic carbocycles. The van der Waals surface area contributed by atoms with E-state index < -0.39 is 0 Å². The van der Waals surface area contributed by atoms with Crippen molar-refractivity contribution in [1.82, 2.24) is 24.6 Å². The van der Waals surface area contributed by atoms with Crippen molar-refractivity contribution in [3.05, 3.63) is 78.4 Å². The summed E-state index contributed by atoms with van der Waals surface area (Å²) in [6.45, 7) is 2.60. The van der Waals surface area contributed by atoms with Crippen LogP contribution in [0.15, 0.2) is 67.3 Å².